The third-order valence-corrected chi connectivity index (χ3v) is 2.66. The highest BCUT2D eigenvalue weighted by atomic mass is 19.4. The normalized spacial score (nSPS) is 11.3. The van der Waals surface area contributed by atoms with Crippen LogP contribution in [-0.2, 0) is 12.7 Å². The second-order valence-corrected chi connectivity index (χ2v) is 4.25. The van der Waals surface area contributed by atoms with Crippen LogP contribution in [0.5, 0.6) is 0 Å². The van der Waals surface area contributed by atoms with E-state index in [2.05, 4.69) is 27.1 Å². The average Bonchev–Trinajstić information content (AvgIpc) is 2.94. The summed E-state index contributed by atoms with van der Waals surface area (Å²) in [4.78, 5) is 13.2. The van der Waals surface area contributed by atoms with Crippen molar-refractivity contribution in [1.82, 2.24) is 25.2 Å². The Morgan fingerprint density at radius 3 is 2.64 bits per heavy atom. The number of anilines is 1. The van der Waals surface area contributed by atoms with Crippen LogP contribution in [0, 0.1) is 0 Å². The number of amides is 1. The molecule has 2 aromatic rings. The van der Waals surface area contributed by atoms with Gasteiger partial charge >= 0.3 is 6.18 Å². The van der Waals surface area contributed by atoms with Gasteiger partial charge in [-0.25, -0.2) is 4.68 Å². The Balaban J connectivity index is 2.17. The molecule has 10 heteroatoms. The van der Waals surface area contributed by atoms with E-state index in [-0.39, 0.29) is 11.5 Å². The van der Waals surface area contributed by atoms with Gasteiger partial charge in [-0.1, -0.05) is 11.3 Å². The first kappa shape index (κ1) is 15.6. The van der Waals surface area contributed by atoms with Crippen molar-refractivity contribution in [1.29, 1.82) is 0 Å². The van der Waals surface area contributed by atoms with E-state index >= 15 is 0 Å². The number of hydrogen-bond acceptors (Lipinski definition) is 5. The fraction of sp³-hybridized carbons (Fsp3) is 0.250. The molecule has 0 spiro atoms. The van der Waals surface area contributed by atoms with Gasteiger partial charge in [0.1, 0.15) is 0 Å². The Hall–Kier alpha value is -2.78. The lowest BCUT2D eigenvalue weighted by Crippen LogP contribution is -2.28. The molecule has 0 unspecified atom stereocenters. The lowest BCUT2D eigenvalue weighted by atomic mass is 10.3. The van der Waals surface area contributed by atoms with Crippen LogP contribution in [0.1, 0.15) is 16.2 Å². The molecule has 0 N–H and O–H groups in total. The third kappa shape index (κ3) is 3.27. The summed E-state index contributed by atoms with van der Waals surface area (Å²) in [6.45, 7) is 3.91. The van der Waals surface area contributed by atoms with Gasteiger partial charge in [-0.15, -0.1) is 21.9 Å². The highest BCUT2D eigenvalue weighted by Gasteiger charge is 2.33. The topological polar surface area (TPSA) is 76.8 Å². The number of carbonyl (C=O) groups excluding carboxylic acids is 1. The summed E-state index contributed by atoms with van der Waals surface area (Å²) in [6, 6.07) is 1.81. The second kappa shape index (κ2) is 5.92. The van der Waals surface area contributed by atoms with E-state index in [1.165, 1.54) is 17.9 Å². The second-order valence-electron chi connectivity index (χ2n) is 4.25. The van der Waals surface area contributed by atoms with E-state index in [1.807, 2.05) is 0 Å². The van der Waals surface area contributed by atoms with Crippen molar-refractivity contribution in [2.75, 3.05) is 11.9 Å². The smallest absolute Gasteiger partial charge is 0.293 e. The van der Waals surface area contributed by atoms with E-state index in [4.69, 9.17) is 0 Å². The Morgan fingerprint density at radius 2 is 2.09 bits per heavy atom. The van der Waals surface area contributed by atoms with Crippen molar-refractivity contribution in [2.45, 2.75) is 12.7 Å². The predicted molar refractivity (Wildman–Crippen MR) is 70.0 cm³/mol. The van der Waals surface area contributed by atoms with Crippen LogP contribution in [0.15, 0.2) is 31.0 Å². The quantitative estimate of drug-likeness (QED) is 0.801. The largest absolute Gasteiger partial charge is 0.435 e. The predicted octanol–water partition coefficient (Wildman–Crippen LogP) is 1.55. The highest BCUT2D eigenvalue weighted by molar-refractivity contribution is 6.03. The van der Waals surface area contributed by atoms with Crippen LogP contribution >= 0.6 is 0 Å². The van der Waals surface area contributed by atoms with Gasteiger partial charge in [0.05, 0.1) is 12.7 Å². The van der Waals surface area contributed by atoms with Crippen LogP contribution in [0.4, 0.5) is 19.0 Å². The van der Waals surface area contributed by atoms with Gasteiger partial charge in [-0.05, 0) is 12.1 Å². The number of halogens is 3. The van der Waals surface area contributed by atoms with Crippen molar-refractivity contribution in [3.8, 4) is 0 Å². The number of rotatable bonds is 4. The van der Waals surface area contributed by atoms with Gasteiger partial charge in [0.25, 0.3) is 5.91 Å². The number of allylic oxidation sites excluding steroid dienone is 1. The molecule has 2 heterocycles. The minimum Gasteiger partial charge on any atom is -0.293 e. The van der Waals surface area contributed by atoms with Gasteiger partial charge in [0.2, 0.25) is 0 Å². The number of nitrogens with zero attached hydrogens (tertiary/aromatic N) is 6. The number of alkyl halides is 3. The first-order chi connectivity index (χ1) is 10.3. The molecular formula is C12H11F3N6O. The summed E-state index contributed by atoms with van der Waals surface area (Å²) < 4.78 is 38.6. The molecule has 2 aromatic heterocycles. The van der Waals surface area contributed by atoms with Gasteiger partial charge < -0.3 is 0 Å². The lowest BCUT2D eigenvalue weighted by Gasteiger charge is -2.14. The molecule has 0 aliphatic rings. The molecule has 116 valence electrons. The lowest BCUT2D eigenvalue weighted by molar-refractivity contribution is -0.141. The van der Waals surface area contributed by atoms with Crippen LogP contribution < -0.4 is 4.90 Å². The number of hydrogen-bond donors (Lipinski definition) is 0. The Labute approximate surface area is 123 Å². The van der Waals surface area contributed by atoms with Gasteiger partial charge in [0.15, 0.2) is 17.2 Å². The summed E-state index contributed by atoms with van der Waals surface area (Å²) in [6.07, 6.45) is -1.60. The first-order valence-electron chi connectivity index (χ1n) is 6.03. The average molecular weight is 312 g/mol. The molecule has 0 aromatic carbocycles. The van der Waals surface area contributed by atoms with Crippen molar-refractivity contribution in [3.63, 3.8) is 0 Å². The zero-order valence-electron chi connectivity index (χ0n) is 11.4. The molecule has 1 amide bonds. The van der Waals surface area contributed by atoms with E-state index in [9.17, 15) is 18.0 Å². The summed E-state index contributed by atoms with van der Waals surface area (Å²) in [5.41, 5.74) is -1.10. The van der Waals surface area contributed by atoms with Gasteiger partial charge in [-0.3, -0.25) is 9.69 Å². The summed E-state index contributed by atoms with van der Waals surface area (Å²) in [5.74, 6) is -0.597. The Morgan fingerprint density at radius 1 is 1.36 bits per heavy atom. The van der Waals surface area contributed by atoms with Crippen molar-refractivity contribution < 1.29 is 18.0 Å². The van der Waals surface area contributed by atoms with Crippen molar-refractivity contribution in [2.24, 2.45) is 0 Å². The fourth-order valence-corrected chi connectivity index (χ4v) is 1.55. The van der Waals surface area contributed by atoms with E-state index in [0.29, 0.717) is 6.54 Å². The fourth-order valence-electron chi connectivity index (χ4n) is 1.55. The molecule has 7 nitrogen and oxygen atoms in total. The molecule has 22 heavy (non-hydrogen) atoms. The molecule has 0 aliphatic heterocycles. The maximum atomic E-state index is 12.4. The summed E-state index contributed by atoms with van der Waals surface area (Å²) >= 11 is 0. The summed E-state index contributed by atoms with van der Waals surface area (Å²) in [7, 11) is 1.35. The number of aromatic nitrogens is 5. The molecule has 0 bridgehead atoms. The van der Waals surface area contributed by atoms with Crippen molar-refractivity contribution in [3.05, 3.63) is 42.4 Å². The SMILES string of the molecule is C=CCn1cc(C(=O)N(C)c2ccc(C(F)(F)F)nn2)nn1. The molecule has 0 atom stereocenters. The van der Waals surface area contributed by atoms with Gasteiger partial charge in [-0.2, -0.15) is 13.2 Å². The Bertz CT molecular complexity index is 679. The van der Waals surface area contributed by atoms with E-state index in [1.54, 1.807) is 6.08 Å². The van der Waals surface area contributed by atoms with Crippen LogP contribution in [0.25, 0.3) is 0 Å². The summed E-state index contributed by atoms with van der Waals surface area (Å²) in [5, 5.41) is 13.9. The molecular weight excluding hydrogens is 301 g/mol. The molecule has 0 saturated carbocycles. The van der Waals surface area contributed by atoms with E-state index in [0.717, 1.165) is 17.0 Å². The molecule has 0 saturated heterocycles. The van der Waals surface area contributed by atoms with E-state index < -0.39 is 17.8 Å². The zero-order valence-corrected chi connectivity index (χ0v) is 11.4. The minimum atomic E-state index is -4.58. The third-order valence-electron chi connectivity index (χ3n) is 2.66. The molecule has 0 radical (unpaired) electrons. The molecule has 2 rings (SSSR count). The minimum absolute atomic E-state index is 0.0312. The maximum absolute atomic E-state index is 12.4. The van der Waals surface area contributed by atoms with Crippen molar-refractivity contribution >= 4 is 11.7 Å². The van der Waals surface area contributed by atoms with Crippen LogP contribution in [0.2, 0.25) is 0 Å². The molecule has 0 fully saturated rings. The maximum Gasteiger partial charge on any atom is 0.435 e. The standard InChI is InChI=1S/C12H11F3N6O/c1-3-6-21-7-8(16-19-21)11(22)20(2)10-5-4-9(17-18-10)12(13,14)15/h3-5,7H,1,6H2,2H3. The van der Waals surface area contributed by atoms with Gasteiger partial charge in [0, 0.05) is 7.05 Å². The number of carbonyl (C=O) groups is 1. The zero-order chi connectivity index (χ0) is 16.3. The highest BCUT2D eigenvalue weighted by Crippen LogP contribution is 2.27. The van der Waals surface area contributed by atoms with Crippen LogP contribution in [0.3, 0.4) is 0 Å². The monoisotopic (exact) mass is 312 g/mol. The Kier molecular flexibility index (Phi) is 4.20. The first-order valence-corrected chi connectivity index (χ1v) is 6.03. The molecule has 0 aliphatic carbocycles. The van der Waals surface area contributed by atoms with Crippen LogP contribution in [-0.4, -0.2) is 38.1 Å².